The molecule has 0 fully saturated rings. The summed E-state index contributed by atoms with van der Waals surface area (Å²) in [5.41, 5.74) is 1.12. The summed E-state index contributed by atoms with van der Waals surface area (Å²) in [6.45, 7) is 7.48. The summed E-state index contributed by atoms with van der Waals surface area (Å²) in [6, 6.07) is 5.49. The van der Waals surface area contributed by atoms with Crippen LogP contribution in [0.2, 0.25) is 0 Å². The SMILES string of the molecule is COOc1cccc(C)c1NC(=O)C(C)(C)C. The van der Waals surface area contributed by atoms with Crippen molar-refractivity contribution in [2.24, 2.45) is 5.41 Å². The van der Waals surface area contributed by atoms with Gasteiger partial charge >= 0.3 is 0 Å². The summed E-state index contributed by atoms with van der Waals surface area (Å²) in [5.74, 6) is 0.442. The second kappa shape index (κ2) is 5.19. The van der Waals surface area contributed by atoms with Crippen LogP contribution in [0.25, 0.3) is 0 Å². The van der Waals surface area contributed by atoms with Gasteiger partial charge in [-0.2, -0.15) is 4.89 Å². The first-order valence-electron chi connectivity index (χ1n) is 5.48. The molecule has 0 aliphatic carbocycles. The van der Waals surface area contributed by atoms with E-state index in [0.717, 1.165) is 5.56 Å². The summed E-state index contributed by atoms with van der Waals surface area (Å²) in [5, 5.41) is 2.86. The Kier molecular flexibility index (Phi) is 4.12. The number of amides is 1. The van der Waals surface area contributed by atoms with Crippen molar-refractivity contribution in [1.82, 2.24) is 0 Å². The zero-order valence-corrected chi connectivity index (χ0v) is 11.0. The molecule has 0 saturated heterocycles. The molecule has 0 aliphatic rings. The fourth-order valence-electron chi connectivity index (χ4n) is 1.26. The van der Waals surface area contributed by atoms with Gasteiger partial charge in [0.2, 0.25) is 5.91 Å². The molecule has 0 aliphatic heterocycles. The molecule has 0 unspecified atom stereocenters. The Bertz CT molecular complexity index is 408. The molecule has 0 atom stereocenters. The van der Waals surface area contributed by atoms with Crippen LogP contribution >= 0.6 is 0 Å². The van der Waals surface area contributed by atoms with Crippen LogP contribution in [0.4, 0.5) is 5.69 Å². The second-order valence-electron chi connectivity index (χ2n) is 4.90. The number of hydrogen-bond acceptors (Lipinski definition) is 3. The number of anilines is 1. The molecule has 17 heavy (non-hydrogen) atoms. The van der Waals surface area contributed by atoms with Crippen LogP contribution < -0.4 is 10.2 Å². The first-order chi connectivity index (χ1) is 7.86. The van der Waals surface area contributed by atoms with Gasteiger partial charge in [0.1, 0.15) is 0 Å². The Morgan fingerprint density at radius 2 is 1.94 bits per heavy atom. The lowest BCUT2D eigenvalue weighted by Crippen LogP contribution is -2.28. The van der Waals surface area contributed by atoms with Crippen LogP contribution in [0.5, 0.6) is 5.75 Å². The molecule has 0 saturated carbocycles. The van der Waals surface area contributed by atoms with Crippen molar-refractivity contribution in [2.45, 2.75) is 27.7 Å². The van der Waals surface area contributed by atoms with Gasteiger partial charge in [-0.05, 0) is 18.6 Å². The molecular weight excluding hydrogens is 218 g/mol. The van der Waals surface area contributed by atoms with Gasteiger partial charge in [-0.1, -0.05) is 32.9 Å². The Morgan fingerprint density at radius 3 is 2.47 bits per heavy atom. The third kappa shape index (κ3) is 3.46. The van der Waals surface area contributed by atoms with E-state index in [0.29, 0.717) is 11.4 Å². The largest absolute Gasteiger partial charge is 0.336 e. The van der Waals surface area contributed by atoms with Crippen LogP contribution in [0.15, 0.2) is 18.2 Å². The Balaban J connectivity index is 3.00. The van der Waals surface area contributed by atoms with Crippen LogP contribution in [0.1, 0.15) is 26.3 Å². The summed E-state index contributed by atoms with van der Waals surface area (Å²) in [4.78, 5) is 21.6. The number of rotatable bonds is 3. The van der Waals surface area contributed by atoms with Crippen molar-refractivity contribution in [3.8, 4) is 5.75 Å². The normalized spacial score (nSPS) is 11.1. The standard InChI is InChI=1S/C13H19NO3/c1-9-7-6-8-10(17-16-5)11(9)14-12(15)13(2,3)4/h6-8H,1-5H3,(H,14,15). The van der Waals surface area contributed by atoms with Gasteiger partial charge in [-0.25, -0.2) is 0 Å². The van der Waals surface area contributed by atoms with Crippen LogP contribution in [0, 0.1) is 12.3 Å². The van der Waals surface area contributed by atoms with Crippen molar-refractivity contribution in [1.29, 1.82) is 0 Å². The maximum atomic E-state index is 11.9. The molecule has 4 heteroatoms. The fraction of sp³-hybridized carbons (Fsp3) is 0.462. The number of carbonyl (C=O) groups is 1. The third-order valence-corrected chi connectivity index (χ3v) is 2.33. The molecule has 0 aromatic heterocycles. The second-order valence-corrected chi connectivity index (χ2v) is 4.90. The number of para-hydroxylation sites is 1. The predicted molar refractivity (Wildman–Crippen MR) is 66.9 cm³/mol. The molecule has 4 nitrogen and oxygen atoms in total. The molecule has 0 radical (unpaired) electrons. The van der Waals surface area contributed by atoms with E-state index in [1.807, 2.05) is 39.8 Å². The van der Waals surface area contributed by atoms with Crippen molar-refractivity contribution < 1.29 is 14.6 Å². The lowest BCUT2D eigenvalue weighted by molar-refractivity contribution is -0.177. The first-order valence-corrected chi connectivity index (χ1v) is 5.48. The quantitative estimate of drug-likeness (QED) is 0.649. The van der Waals surface area contributed by atoms with Crippen LogP contribution in [-0.2, 0) is 9.68 Å². The summed E-state index contributed by atoms with van der Waals surface area (Å²) in [7, 11) is 1.43. The topological polar surface area (TPSA) is 47.6 Å². The van der Waals surface area contributed by atoms with Gasteiger partial charge in [0.15, 0.2) is 5.75 Å². The van der Waals surface area contributed by atoms with Gasteiger partial charge in [-0.3, -0.25) is 4.79 Å². The Labute approximate surface area is 102 Å². The maximum absolute atomic E-state index is 11.9. The number of hydrogen-bond donors (Lipinski definition) is 1. The van der Waals surface area contributed by atoms with Crippen LogP contribution in [0.3, 0.4) is 0 Å². The van der Waals surface area contributed by atoms with Crippen molar-refractivity contribution in [3.63, 3.8) is 0 Å². The smallest absolute Gasteiger partial charge is 0.229 e. The number of carbonyl (C=O) groups excluding carboxylic acids is 1. The molecule has 1 amide bonds. The van der Waals surface area contributed by atoms with E-state index in [9.17, 15) is 4.79 Å². The van der Waals surface area contributed by atoms with E-state index in [-0.39, 0.29) is 5.91 Å². The van der Waals surface area contributed by atoms with E-state index in [1.54, 1.807) is 6.07 Å². The number of benzene rings is 1. The van der Waals surface area contributed by atoms with Crippen molar-refractivity contribution in [2.75, 3.05) is 12.4 Å². The highest BCUT2D eigenvalue weighted by atomic mass is 17.2. The van der Waals surface area contributed by atoms with Crippen molar-refractivity contribution >= 4 is 11.6 Å². The average molecular weight is 237 g/mol. The minimum atomic E-state index is -0.452. The van der Waals surface area contributed by atoms with Gasteiger partial charge in [-0.15, -0.1) is 0 Å². The monoisotopic (exact) mass is 237 g/mol. The van der Waals surface area contributed by atoms with E-state index in [4.69, 9.17) is 4.89 Å². The van der Waals surface area contributed by atoms with E-state index < -0.39 is 5.41 Å². The van der Waals surface area contributed by atoms with Crippen molar-refractivity contribution in [3.05, 3.63) is 23.8 Å². The fourth-order valence-corrected chi connectivity index (χ4v) is 1.26. The molecule has 0 spiro atoms. The summed E-state index contributed by atoms with van der Waals surface area (Å²) < 4.78 is 0. The molecule has 1 rings (SSSR count). The minimum absolute atomic E-state index is 0.0623. The average Bonchev–Trinajstić information content (AvgIpc) is 2.22. The molecule has 94 valence electrons. The molecule has 0 heterocycles. The van der Waals surface area contributed by atoms with Gasteiger partial charge in [0.05, 0.1) is 12.8 Å². The highest BCUT2D eigenvalue weighted by Crippen LogP contribution is 2.29. The maximum Gasteiger partial charge on any atom is 0.229 e. The molecule has 1 aromatic carbocycles. The highest BCUT2D eigenvalue weighted by Gasteiger charge is 2.23. The predicted octanol–water partition coefficient (Wildman–Crippen LogP) is 2.92. The van der Waals surface area contributed by atoms with Gasteiger partial charge in [0, 0.05) is 5.41 Å². The highest BCUT2D eigenvalue weighted by molar-refractivity contribution is 5.96. The lowest BCUT2D eigenvalue weighted by Gasteiger charge is -2.20. The van der Waals surface area contributed by atoms with Crippen LogP contribution in [-0.4, -0.2) is 13.0 Å². The lowest BCUT2D eigenvalue weighted by atomic mass is 9.95. The van der Waals surface area contributed by atoms with Gasteiger partial charge in [0.25, 0.3) is 0 Å². The van der Waals surface area contributed by atoms with E-state index >= 15 is 0 Å². The molecular formula is C13H19NO3. The minimum Gasteiger partial charge on any atom is -0.336 e. The van der Waals surface area contributed by atoms with E-state index in [2.05, 4.69) is 10.2 Å². The summed E-state index contributed by atoms with van der Waals surface area (Å²) in [6.07, 6.45) is 0. The van der Waals surface area contributed by atoms with E-state index in [1.165, 1.54) is 7.11 Å². The Morgan fingerprint density at radius 1 is 1.29 bits per heavy atom. The number of nitrogens with one attached hydrogen (secondary N) is 1. The molecule has 1 N–H and O–H groups in total. The number of aryl methyl sites for hydroxylation is 1. The van der Waals surface area contributed by atoms with Gasteiger partial charge < -0.3 is 10.2 Å². The molecule has 0 bridgehead atoms. The first kappa shape index (κ1) is 13.5. The summed E-state index contributed by atoms with van der Waals surface area (Å²) >= 11 is 0. The third-order valence-electron chi connectivity index (χ3n) is 2.33. The zero-order chi connectivity index (χ0) is 13.1. The zero-order valence-electron chi connectivity index (χ0n) is 11.0. The molecule has 1 aromatic rings. The Hall–Kier alpha value is -1.55.